The molecule has 1 saturated heterocycles. The summed E-state index contributed by atoms with van der Waals surface area (Å²) in [4.78, 5) is 29.3. The first-order valence-electron chi connectivity index (χ1n) is 11.7. The van der Waals surface area contributed by atoms with Crippen LogP contribution in [0.2, 0.25) is 5.02 Å². The first-order chi connectivity index (χ1) is 18.1. The van der Waals surface area contributed by atoms with Crippen LogP contribution >= 0.6 is 23.4 Å². The molecule has 4 aromatic rings. The van der Waals surface area contributed by atoms with Crippen LogP contribution in [0, 0.1) is 0 Å². The van der Waals surface area contributed by atoms with E-state index in [0.29, 0.717) is 34.5 Å². The predicted molar refractivity (Wildman–Crippen MR) is 145 cm³/mol. The van der Waals surface area contributed by atoms with E-state index in [2.05, 4.69) is 25.7 Å². The summed E-state index contributed by atoms with van der Waals surface area (Å²) in [5.41, 5.74) is 3.20. The minimum absolute atomic E-state index is 0.00381. The SMILES string of the molecule is O=C(CSc1nnnn1-c1ccccc1)Nc1ccc(N2CCN(C(=O)c3cccc(Cl)c3)CC2)cc1. The fourth-order valence-corrected chi connectivity index (χ4v) is 4.94. The van der Waals surface area contributed by atoms with Gasteiger partial charge in [-0.3, -0.25) is 9.59 Å². The van der Waals surface area contributed by atoms with Crippen molar-refractivity contribution in [2.24, 2.45) is 0 Å². The maximum Gasteiger partial charge on any atom is 0.254 e. The van der Waals surface area contributed by atoms with Gasteiger partial charge in [-0.2, -0.15) is 4.68 Å². The second kappa shape index (κ2) is 11.4. The molecule has 0 radical (unpaired) electrons. The molecule has 1 aromatic heterocycles. The second-order valence-electron chi connectivity index (χ2n) is 8.38. The van der Waals surface area contributed by atoms with Gasteiger partial charge in [0, 0.05) is 48.1 Å². The van der Waals surface area contributed by atoms with Gasteiger partial charge in [-0.15, -0.1) is 5.10 Å². The smallest absolute Gasteiger partial charge is 0.254 e. The lowest BCUT2D eigenvalue weighted by molar-refractivity contribution is -0.113. The van der Waals surface area contributed by atoms with Crippen molar-refractivity contribution < 1.29 is 9.59 Å². The van der Waals surface area contributed by atoms with Gasteiger partial charge in [-0.05, 0) is 65.0 Å². The summed E-state index contributed by atoms with van der Waals surface area (Å²) in [5.74, 6) is 0.0294. The molecule has 11 heteroatoms. The number of nitrogens with one attached hydrogen (secondary N) is 1. The molecule has 0 unspecified atom stereocenters. The van der Waals surface area contributed by atoms with Gasteiger partial charge in [0.25, 0.3) is 5.91 Å². The van der Waals surface area contributed by atoms with Crippen LogP contribution in [-0.4, -0.2) is 68.9 Å². The summed E-state index contributed by atoms with van der Waals surface area (Å²) < 4.78 is 1.61. The van der Waals surface area contributed by atoms with Gasteiger partial charge in [0.15, 0.2) is 0 Å². The molecule has 1 aliphatic rings. The van der Waals surface area contributed by atoms with E-state index >= 15 is 0 Å². The zero-order valence-electron chi connectivity index (χ0n) is 19.8. The molecular weight excluding hydrogens is 510 g/mol. The van der Waals surface area contributed by atoms with Crippen LogP contribution in [0.25, 0.3) is 5.69 Å². The average molecular weight is 534 g/mol. The van der Waals surface area contributed by atoms with E-state index in [-0.39, 0.29) is 17.6 Å². The fourth-order valence-electron chi connectivity index (χ4n) is 4.05. The van der Waals surface area contributed by atoms with Crippen molar-refractivity contribution in [2.45, 2.75) is 5.16 Å². The highest BCUT2D eigenvalue weighted by molar-refractivity contribution is 7.99. The van der Waals surface area contributed by atoms with Crippen LogP contribution in [0.15, 0.2) is 84.0 Å². The van der Waals surface area contributed by atoms with Crippen molar-refractivity contribution in [2.75, 3.05) is 42.1 Å². The Balaban J connectivity index is 1.11. The number of piperazine rings is 1. The van der Waals surface area contributed by atoms with Crippen molar-refractivity contribution >= 4 is 46.6 Å². The van der Waals surface area contributed by atoms with Gasteiger partial charge >= 0.3 is 0 Å². The fraction of sp³-hybridized carbons (Fsp3) is 0.192. The Morgan fingerprint density at radius 2 is 1.65 bits per heavy atom. The van der Waals surface area contributed by atoms with Crippen molar-refractivity contribution in [3.05, 3.63) is 89.4 Å². The third-order valence-electron chi connectivity index (χ3n) is 5.93. The van der Waals surface area contributed by atoms with Crippen molar-refractivity contribution in [3.63, 3.8) is 0 Å². The number of halogens is 1. The second-order valence-corrected chi connectivity index (χ2v) is 9.76. The summed E-state index contributed by atoms with van der Waals surface area (Å²) in [6.45, 7) is 2.71. The number of rotatable bonds is 7. The van der Waals surface area contributed by atoms with Gasteiger partial charge < -0.3 is 15.1 Å². The molecule has 37 heavy (non-hydrogen) atoms. The summed E-state index contributed by atoms with van der Waals surface area (Å²) in [6, 6.07) is 24.3. The quantitative estimate of drug-likeness (QED) is 0.358. The van der Waals surface area contributed by atoms with E-state index in [0.717, 1.165) is 24.5 Å². The summed E-state index contributed by atoms with van der Waals surface area (Å²) in [6.07, 6.45) is 0. The topological polar surface area (TPSA) is 96.2 Å². The van der Waals surface area contributed by atoms with E-state index in [4.69, 9.17) is 11.6 Å². The third-order valence-corrected chi connectivity index (χ3v) is 7.08. The Bertz CT molecular complexity index is 1370. The van der Waals surface area contributed by atoms with E-state index in [1.54, 1.807) is 28.9 Å². The molecular formula is C26H24ClN7O2S. The zero-order valence-corrected chi connectivity index (χ0v) is 21.4. The minimum Gasteiger partial charge on any atom is -0.368 e. The Morgan fingerprint density at radius 3 is 2.38 bits per heavy atom. The zero-order chi connectivity index (χ0) is 25.6. The maximum absolute atomic E-state index is 12.8. The molecule has 2 amide bonds. The summed E-state index contributed by atoms with van der Waals surface area (Å²) >= 11 is 7.30. The number of nitrogens with zero attached hydrogens (tertiary/aromatic N) is 6. The van der Waals surface area contributed by atoms with Crippen LogP contribution in [0.3, 0.4) is 0 Å². The molecule has 1 N–H and O–H groups in total. The lowest BCUT2D eigenvalue weighted by Crippen LogP contribution is -2.48. The van der Waals surface area contributed by atoms with E-state index in [1.165, 1.54) is 11.8 Å². The highest BCUT2D eigenvalue weighted by Crippen LogP contribution is 2.22. The van der Waals surface area contributed by atoms with Crippen molar-refractivity contribution in [3.8, 4) is 5.69 Å². The normalized spacial score (nSPS) is 13.4. The van der Waals surface area contributed by atoms with E-state index in [1.807, 2.05) is 59.5 Å². The molecule has 5 rings (SSSR count). The first-order valence-corrected chi connectivity index (χ1v) is 13.1. The molecule has 0 saturated carbocycles. The van der Waals surface area contributed by atoms with E-state index in [9.17, 15) is 9.59 Å². The molecule has 0 aliphatic carbocycles. The molecule has 0 atom stereocenters. The van der Waals surface area contributed by atoms with Gasteiger partial charge in [-0.1, -0.05) is 47.6 Å². The van der Waals surface area contributed by atoms with Crippen LogP contribution in [0.1, 0.15) is 10.4 Å². The molecule has 0 bridgehead atoms. The Hall–Kier alpha value is -3.89. The van der Waals surface area contributed by atoms with Crippen LogP contribution in [-0.2, 0) is 4.79 Å². The van der Waals surface area contributed by atoms with Gasteiger partial charge in [0.1, 0.15) is 0 Å². The third kappa shape index (κ3) is 6.10. The molecule has 188 valence electrons. The van der Waals surface area contributed by atoms with E-state index < -0.39 is 0 Å². The number of aromatic nitrogens is 4. The van der Waals surface area contributed by atoms with Gasteiger partial charge in [0.05, 0.1) is 11.4 Å². The number of anilines is 2. The standard InChI is InChI=1S/C26H24ClN7O2S/c27-20-6-4-5-19(17-20)25(36)33-15-13-32(14-16-33)22-11-9-21(10-12-22)28-24(35)18-37-26-29-30-31-34(26)23-7-2-1-3-8-23/h1-12,17H,13-16,18H2,(H,28,35). The molecule has 1 fully saturated rings. The Morgan fingerprint density at radius 1 is 0.892 bits per heavy atom. The van der Waals surface area contributed by atoms with Crippen molar-refractivity contribution in [1.82, 2.24) is 25.1 Å². The molecule has 1 aliphatic heterocycles. The number of hydrogen-bond donors (Lipinski definition) is 1. The molecule has 0 spiro atoms. The number of tetrazole rings is 1. The van der Waals surface area contributed by atoms with Gasteiger partial charge in [0.2, 0.25) is 11.1 Å². The Kier molecular flexibility index (Phi) is 7.67. The summed E-state index contributed by atoms with van der Waals surface area (Å²) in [7, 11) is 0. The summed E-state index contributed by atoms with van der Waals surface area (Å²) in [5, 5.41) is 15.8. The lowest BCUT2D eigenvalue weighted by Gasteiger charge is -2.36. The first kappa shape index (κ1) is 24.8. The number of hydrogen-bond acceptors (Lipinski definition) is 7. The molecule has 2 heterocycles. The number of para-hydroxylation sites is 1. The number of thioether (sulfide) groups is 1. The van der Waals surface area contributed by atoms with Crippen LogP contribution < -0.4 is 10.2 Å². The molecule has 9 nitrogen and oxygen atoms in total. The number of benzene rings is 3. The van der Waals surface area contributed by atoms with Gasteiger partial charge in [-0.25, -0.2) is 0 Å². The average Bonchev–Trinajstić information content (AvgIpc) is 3.41. The highest BCUT2D eigenvalue weighted by atomic mass is 35.5. The van der Waals surface area contributed by atoms with Crippen LogP contribution in [0.4, 0.5) is 11.4 Å². The number of carbonyl (C=O) groups is 2. The maximum atomic E-state index is 12.8. The number of carbonyl (C=O) groups excluding carboxylic acids is 2. The van der Waals surface area contributed by atoms with Crippen molar-refractivity contribution in [1.29, 1.82) is 0 Å². The number of amides is 2. The minimum atomic E-state index is -0.145. The predicted octanol–water partition coefficient (Wildman–Crippen LogP) is 4.01. The largest absolute Gasteiger partial charge is 0.368 e. The Labute approximate surface area is 223 Å². The monoisotopic (exact) mass is 533 g/mol. The molecule has 3 aromatic carbocycles. The lowest BCUT2D eigenvalue weighted by atomic mass is 10.1. The highest BCUT2D eigenvalue weighted by Gasteiger charge is 2.22. The van der Waals surface area contributed by atoms with Crippen LogP contribution in [0.5, 0.6) is 0 Å².